The molecule has 138 valence electrons. The van der Waals surface area contributed by atoms with Crippen molar-refractivity contribution in [2.24, 2.45) is 0 Å². The third-order valence-corrected chi connectivity index (χ3v) is 5.07. The van der Waals surface area contributed by atoms with Crippen molar-refractivity contribution >= 4 is 46.0 Å². The van der Waals surface area contributed by atoms with E-state index in [1.807, 2.05) is 25.1 Å². The summed E-state index contributed by atoms with van der Waals surface area (Å²) in [5.41, 5.74) is 4.22. The van der Waals surface area contributed by atoms with Gasteiger partial charge in [0.2, 0.25) is 5.91 Å². The Bertz CT molecular complexity index is 1030. The molecule has 0 spiro atoms. The van der Waals surface area contributed by atoms with Crippen molar-refractivity contribution in [2.75, 3.05) is 16.8 Å². The maximum absolute atomic E-state index is 12.2. The van der Waals surface area contributed by atoms with Crippen LogP contribution in [0.5, 0.6) is 5.75 Å². The van der Waals surface area contributed by atoms with Crippen LogP contribution in [0.4, 0.5) is 11.4 Å². The Balaban J connectivity index is 1.40. The number of amides is 2. The van der Waals surface area contributed by atoms with Gasteiger partial charge in [0.25, 0.3) is 5.91 Å². The number of hydrogen-bond acceptors (Lipinski definition) is 6. The molecule has 0 fully saturated rings. The molecule has 1 aromatic heterocycles. The van der Waals surface area contributed by atoms with Gasteiger partial charge in [-0.2, -0.15) is 8.75 Å². The average Bonchev–Trinajstić information content (AvgIpc) is 3.22. The van der Waals surface area contributed by atoms with Crippen LogP contribution in [0.3, 0.4) is 0 Å². The molecular formula is C19H18N4O3S. The molecule has 2 heterocycles. The lowest BCUT2D eigenvalue weighted by Gasteiger charge is -2.20. The summed E-state index contributed by atoms with van der Waals surface area (Å²) in [6.45, 7) is 3.48. The highest BCUT2D eigenvalue weighted by Crippen LogP contribution is 2.34. The van der Waals surface area contributed by atoms with E-state index >= 15 is 0 Å². The van der Waals surface area contributed by atoms with Crippen molar-refractivity contribution in [3.63, 3.8) is 0 Å². The summed E-state index contributed by atoms with van der Waals surface area (Å²) in [5, 5.41) is 2.84. The Labute approximate surface area is 160 Å². The van der Waals surface area contributed by atoms with Crippen molar-refractivity contribution in [3.05, 3.63) is 42.0 Å². The molecule has 3 aromatic rings. The predicted octanol–water partition coefficient (Wildman–Crippen LogP) is 3.01. The fraction of sp³-hybridized carbons (Fsp3) is 0.263. The molecule has 0 unspecified atom stereocenters. The Morgan fingerprint density at radius 1 is 1.22 bits per heavy atom. The number of nitrogens with one attached hydrogen (secondary N) is 1. The minimum Gasteiger partial charge on any atom is -0.484 e. The first-order valence-corrected chi connectivity index (χ1v) is 9.32. The van der Waals surface area contributed by atoms with Gasteiger partial charge in [-0.1, -0.05) is 0 Å². The highest BCUT2D eigenvalue weighted by atomic mass is 32.1. The van der Waals surface area contributed by atoms with Crippen molar-refractivity contribution in [3.8, 4) is 5.75 Å². The van der Waals surface area contributed by atoms with Gasteiger partial charge in [-0.25, -0.2) is 0 Å². The normalized spacial score (nSPS) is 15.6. The van der Waals surface area contributed by atoms with Crippen molar-refractivity contribution in [1.82, 2.24) is 8.75 Å². The summed E-state index contributed by atoms with van der Waals surface area (Å²) < 4.78 is 13.8. The third kappa shape index (κ3) is 3.48. The van der Waals surface area contributed by atoms with Gasteiger partial charge in [-0.05, 0) is 49.2 Å². The summed E-state index contributed by atoms with van der Waals surface area (Å²) in [5.74, 6) is 0.352. The molecular weight excluding hydrogens is 364 g/mol. The number of benzene rings is 2. The van der Waals surface area contributed by atoms with Gasteiger partial charge in [-0.3, -0.25) is 9.59 Å². The Morgan fingerprint density at radius 3 is 2.85 bits per heavy atom. The first-order chi connectivity index (χ1) is 13.0. The van der Waals surface area contributed by atoms with Crippen LogP contribution in [0.15, 0.2) is 36.4 Å². The zero-order chi connectivity index (χ0) is 19.0. The smallest absolute Gasteiger partial charge is 0.262 e. The number of nitrogens with zero attached hydrogens (tertiary/aromatic N) is 3. The van der Waals surface area contributed by atoms with Crippen LogP contribution in [0, 0.1) is 0 Å². The summed E-state index contributed by atoms with van der Waals surface area (Å²) in [7, 11) is 0. The van der Waals surface area contributed by atoms with Gasteiger partial charge in [0, 0.05) is 30.4 Å². The second-order valence-corrected chi connectivity index (χ2v) is 7.07. The molecule has 1 aliphatic rings. The predicted molar refractivity (Wildman–Crippen MR) is 104 cm³/mol. The molecule has 0 saturated carbocycles. The first-order valence-electron chi connectivity index (χ1n) is 8.59. The van der Waals surface area contributed by atoms with Crippen molar-refractivity contribution in [1.29, 1.82) is 0 Å². The maximum atomic E-state index is 12.2. The lowest BCUT2D eigenvalue weighted by molar-refractivity contribution is -0.118. The summed E-state index contributed by atoms with van der Waals surface area (Å²) >= 11 is 1.14. The van der Waals surface area contributed by atoms with Gasteiger partial charge in [0.15, 0.2) is 6.61 Å². The molecule has 0 radical (unpaired) electrons. The zero-order valence-corrected chi connectivity index (χ0v) is 15.7. The largest absolute Gasteiger partial charge is 0.484 e. The minimum atomic E-state index is -0.249. The Kier molecular flexibility index (Phi) is 4.49. The fourth-order valence-corrected chi connectivity index (χ4v) is 3.90. The van der Waals surface area contributed by atoms with E-state index in [2.05, 4.69) is 14.1 Å². The zero-order valence-electron chi connectivity index (χ0n) is 14.9. The second kappa shape index (κ2) is 6.96. The van der Waals surface area contributed by atoms with Gasteiger partial charge in [0.05, 0.1) is 11.7 Å². The lowest BCUT2D eigenvalue weighted by atomic mass is 10.1. The first kappa shape index (κ1) is 17.4. The maximum Gasteiger partial charge on any atom is 0.262 e. The van der Waals surface area contributed by atoms with E-state index in [0.717, 1.165) is 40.4 Å². The molecule has 2 amide bonds. The molecule has 0 bridgehead atoms. The van der Waals surface area contributed by atoms with Crippen LogP contribution in [0.2, 0.25) is 0 Å². The molecule has 1 N–H and O–H groups in total. The Hall–Kier alpha value is -3.00. The standard InChI is InChI=1S/C19H18N4O3S/c1-11-7-13-8-14(3-6-18(13)23(11)12(2)24)20-19(25)10-26-15-4-5-16-17(9-15)22-27-21-16/h3-6,8-9,11H,7,10H2,1-2H3,(H,20,25)/t11-/m0/s1. The van der Waals surface area contributed by atoms with Crippen LogP contribution in [-0.2, 0) is 16.0 Å². The van der Waals surface area contributed by atoms with E-state index in [-0.39, 0.29) is 24.5 Å². The van der Waals surface area contributed by atoms with E-state index < -0.39 is 0 Å². The van der Waals surface area contributed by atoms with Crippen LogP contribution in [0.25, 0.3) is 11.0 Å². The van der Waals surface area contributed by atoms with E-state index in [9.17, 15) is 9.59 Å². The second-order valence-electron chi connectivity index (χ2n) is 6.54. The van der Waals surface area contributed by atoms with E-state index in [1.165, 1.54) is 0 Å². The molecule has 0 saturated heterocycles. The number of anilines is 2. The van der Waals surface area contributed by atoms with Crippen molar-refractivity contribution in [2.45, 2.75) is 26.3 Å². The van der Waals surface area contributed by atoms with Crippen LogP contribution in [-0.4, -0.2) is 33.2 Å². The van der Waals surface area contributed by atoms with E-state index in [4.69, 9.17) is 4.74 Å². The van der Waals surface area contributed by atoms with Gasteiger partial charge < -0.3 is 15.0 Å². The molecule has 7 nitrogen and oxygen atoms in total. The van der Waals surface area contributed by atoms with E-state index in [1.54, 1.807) is 30.0 Å². The van der Waals surface area contributed by atoms with Crippen molar-refractivity contribution < 1.29 is 14.3 Å². The van der Waals surface area contributed by atoms with Crippen LogP contribution < -0.4 is 15.0 Å². The van der Waals surface area contributed by atoms with Crippen LogP contribution >= 0.6 is 11.7 Å². The number of carbonyl (C=O) groups is 2. The number of hydrogen-bond donors (Lipinski definition) is 1. The fourth-order valence-electron chi connectivity index (χ4n) is 3.39. The molecule has 8 heteroatoms. The quantitative estimate of drug-likeness (QED) is 0.750. The monoisotopic (exact) mass is 382 g/mol. The number of fused-ring (bicyclic) bond motifs is 2. The molecule has 2 aromatic carbocycles. The summed E-state index contributed by atoms with van der Waals surface area (Å²) in [6.07, 6.45) is 0.775. The highest BCUT2D eigenvalue weighted by molar-refractivity contribution is 7.00. The lowest BCUT2D eigenvalue weighted by Crippen LogP contribution is -2.33. The topological polar surface area (TPSA) is 84.4 Å². The molecule has 0 aliphatic carbocycles. The summed E-state index contributed by atoms with van der Waals surface area (Å²) in [6, 6.07) is 11.1. The number of ether oxygens (including phenoxy) is 1. The highest BCUT2D eigenvalue weighted by Gasteiger charge is 2.28. The minimum absolute atomic E-state index is 0.0266. The number of carbonyl (C=O) groups excluding carboxylic acids is 2. The van der Waals surface area contributed by atoms with E-state index in [0.29, 0.717) is 11.4 Å². The number of aromatic nitrogens is 2. The summed E-state index contributed by atoms with van der Waals surface area (Å²) in [4.78, 5) is 25.8. The number of rotatable bonds is 4. The molecule has 1 atom stereocenters. The van der Waals surface area contributed by atoms with Crippen LogP contribution in [0.1, 0.15) is 19.4 Å². The third-order valence-electron chi connectivity index (χ3n) is 4.51. The van der Waals surface area contributed by atoms with Gasteiger partial charge >= 0.3 is 0 Å². The molecule has 1 aliphatic heterocycles. The Morgan fingerprint density at radius 2 is 2.04 bits per heavy atom. The van der Waals surface area contributed by atoms with Gasteiger partial charge in [0.1, 0.15) is 16.8 Å². The SMILES string of the molecule is CC(=O)N1c2ccc(NC(=O)COc3ccc4nsnc4c3)cc2C[C@@H]1C. The average molecular weight is 382 g/mol. The molecule has 4 rings (SSSR count). The van der Waals surface area contributed by atoms with Gasteiger partial charge in [-0.15, -0.1) is 0 Å². The molecule has 27 heavy (non-hydrogen) atoms.